The minimum atomic E-state index is -0.224. The van der Waals surface area contributed by atoms with Gasteiger partial charge in [-0.1, -0.05) is 48.5 Å². The Morgan fingerprint density at radius 1 is 1.00 bits per heavy atom. The van der Waals surface area contributed by atoms with Gasteiger partial charge in [0.05, 0.1) is 19.2 Å². The van der Waals surface area contributed by atoms with E-state index >= 15 is 0 Å². The molecule has 0 radical (unpaired) electrons. The van der Waals surface area contributed by atoms with Crippen LogP contribution in [0.15, 0.2) is 66.7 Å². The largest absolute Gasteiger partial charge is 0.497 e. The molecule has 4 nitrogen and oxygen atoms in total. The highest BCUT2D eigenvalue weighted by atomic mass is 16.5. The SMILES string of the molecule is COc1ccc2cc(CN(C)[C@H](C)C(=O)N[C@H](C)c3ccccc3)ccc2c1. The molecule has 0 aliphatic rings. The summed E-state index contributed by atoms with van der Waals surface area (Å²) < 4.78 is 5.29. The lowest BCUT2D eigenvalue weighted by molar-refractivity contribution is -0.126. The lowest BCUT2D eigenvalue weighted by atomic mass is 10.1. The number of benzene rings is 3. The van der Waals surface area contributed by atoms with E-state index in [1.54, 1.807) is 7.11 Å². The molecule has 0 bridgehead atoms. The zero-order valence-electron chi connectivity index (χ0n) is 17.0. The van der Waals surface area contributed by atoms with Gasteiger partial charge in [-0.2, -0.15) is 0 Å². The van der Waals surface area contributed by atoms with E-state index in [9.17, 15) is 4.79 Å². The fourth-order valence-electron chi connectivity index (χ4n) is 3.28. The molecule has 0 aromatic heterocycles. The van der Waals surface area contributed by atoms with Crippen LogP contribution >= 0.6 is 0 Å². The molecule has 0 fully saturated rings. The number of carbonyl (C=O) groups excluding carboxylic acids is 1. The van der Waals surface area contributed by atoms with Crippen LogP contribution in [-0.4, -0.2) is 31.0 Å². The van der Waals surface area contributed by atoms with Gasteiger partial charge < -0.3 is 10.1 Å². The molecule has 4 heteroatoms. The lowest BCUT2D eigenvalue weighted by Gasteiger charge is -2.26. The summed E-state index contributed by atoms with van der Waals surface area (Å²) >= 11 is 0. The Kier molecular flexibility index (Phi) is 6.32. The first-order chi connectivity index (χ1) is 13.5. The predicted octanol–water partition coefficient (Wildman–Crippen LogP) is 4.55. The zero-order valence-corrected chi connectivity index (χ0v) is 17.0. The molecule has 0 unspecified atom stereocenters. The third-order valence-electron chi connectivity index (χ3n) is 5.24. The Bertz CT molecular complexity index is 940. The minimum Gasteiger partial charge on any atom is -0.497 e. The molecule has 0 saturated carbocycles. The van der Waals surface area contributed by atoms with Gasteiger partial charge in [0.1, 0.15) is 5.75 Å². The predicted molar refractivity (Wildman–Crippen MR) is 114 cm³/mol. The molecule has 0 saturated heterocycles. The monoisotopic (exact) mass is 376 g/mol. The topological polar surface area (TPSA) is 41.6 Å². The van der Waals surface area contributed by atoms with Crippen LogP contribution in [0.25, 0.3) is 10.8 Å². The van der Waals surface area contributed by atoms with Crippen LogP contribution in [0.5, 0.6) is 5.75 Å². The van der Waals surface area contributed by atoms with E-state index in [0.29, 0.717) is 6.54 Å². The summed E-state index contributed by atoms with van der Waals surface area (Å²) in [5, 5.41) is 5.42. The molecule has 1 N–H and O–H groups in total. The maximum Gasteiger partial charge on any atom is 0.237 e. The quantitative estimate of drug-likeness (QED) is 0.658. The highest BCUT2D eigenvalue weighted by molar-refractivity contribution is 5.84. The number of hydrogen-bond acceptors (Lipinski definition) is 3. The van der Waals surface area contributed by atoms with Crippen LogP contribution in [0.4, 0.5) is 0 Å². The van der Waals surface area contributed by atoms with Crippen molar-refractivity contribution in [2.75, 3.05) is 14.2 Å². The number of hydrogen-bond donors (Lipinski definition) is 1. The number of fused-ring (bicyclic) bond motifs is 1. The second kappa shape index (κ2) is 8.89. The number of carbonyl (C=O) groups is 1. The van der Waals surface area contributed by atoms with Crippen molar-refractivity contribution in [3.8, 4) is 5.75 Å². The minimum absolute atomic E-state index is 0.0137. The molecular formula is C24H28N2O2. The van der Waals surface area contributed by atoms with E-state index < -0.39 is 0 Å². The van der Waals surface area contributed by atoms with Crippen molar-refractivity contribution in [1.82, 2.24) is 10.2 Å². The van der Waals surface area contributed by atoms with Gasteiger partial charge in [-0.3, -0.25) is 9.69 Å². The van der Waals surface area contributed by atoms with Gasteiger partial charge in [-0.05, 0) is 61.0 Å². The smallest absolute Gasteiger partial charge is 0.237 e. The number of ether oxygens (including phenoxy) is 1. The van der Waals surface area contributed by atoms with E-state index in [4.69, 9.17) is 4.74 Å². The van der Waals surface area contributed by atoms with Gasteiger partial charge in [-0.25, -0.2) is 0 Å². The average molecular weight is 377 g/mol. The maximum atomic E-state index is 12.7. The average Bonchev–Trinajstić information content (AvgIpc) is 2.73. The van der Waals surface area contributed by atoms with E-state index in [0.717, 1.165) is 16.7 Å². The van der Waals surface area contributed by atoms with Crippen molar-refractivity contribution in [1.29, 1.82) is 0 Å². The standard InChI is InChI=1S/C24H28N2O2/c1-17(20-8-6-5-7-9-20)25-24(27)18(2)26(3)16-19-10-11-22-15-23(28-4)13-12-21(22)14-19/h5-15,17-18H,16H2,1-4H3,(H,25,27)/t17-,18-/m1/s1. The molecule has 0 aliphatic heterocycles. The summed E-state index contributed by atoms with van der Waals surface area (Å²) in [5.74, 6) is 0.888. The van der Waals surface area contributed by atoms with Crippen LogP contribution in [0.1, 0.15) is 31.0 Å². The fourth-order valence-corrected chi connectivity index (χ4v) is 3.28. The van der Waals surface area contributed by atoms with Crippen LogP contribution in [-0.2, 0) is 11.3 Å². The Morgan fingerprint density at radius 3 is 2.39 bits per heavy atom. The highest BCUT2D eigenvalue weighted by Crippen LogP contribution is 2.22. The first-order valence-electron chi connectivity index (χ1n) is 9.60. The van der Waals surface area contributed by atoms with E-state index in [1.807, 2.05) is 63.4 Å². The molecule has 0 heterocycles. The van der Waals surface area contributed by atoms with E-state index in [2.05, 4.69) is 34.5 Å². The van der Waals surface area contributed by atoms with E-state index in [-0.39, 0.29) is 18.0 Å². The number of methoxy groups -OCH3 is 1. The van der Waals surface area contributed by atoms with Gasteiger partial charge in [0.25, 0.3) is 0 Å². The first kappa shape index (κ1) is 19.9. The van der Waals surface area contributed by atoms with Crippen molar-refractivity contribution >= 4 is 16.7 Å². The van der Waals surface area contributed by atoms with Gasteiger partial charge in [0, 0.05) is 6.54 Å². The molecule has 1 amide bonds. The van der Waals surface area contributed by atoms with Gasteiger partial charge in [0.2, 0.25) is 5.91 Å². The third-order valence-corrected chi connectivity index (χ3v) is 5.24. The molecule has 3 rings (SSSR count). The van der Waals surface area contributed by atoms with Crippen LogP contribution in [0, 0.1) is 0 Å². The highest BCUT2D eigenvalue weighted by Gasteiger charge is 2.20. The summed E-state index contributed by atoms with van der Waals surface area (Å²) in [5.41, 5.74) is 2.28. The summed E-state index contributed by atoms with van der Waals surface area (Å²) in [6.07, 6.45) is 0. The number of rotatable bonds is 7. The Morgan fingerprint density at radius 2 is 1.68 bits per heavy atom. The van der Waals surface area contributed by atoms with Gasteiger partial charge in [-0.15, -0.1) is 0 Å². The Labute approximate surface area is 167 Å². The molecular weight excluding hydrogens is 348 g/mol. The molecule has 28 heavy (non-hydrogen) atoms. The molecule has 146 valence electrons. The van der Waals surface area contributed by atoms with Crippen LogP contribution in [0.3, 0.4) is 0 Å². The Balaban J connectivity index is 1.63. The van der Waals surface area contributed by atoms with Crippen molar-refractivity contribution < 1.29 is 9.53 Å². The van der Waals surface area contributed by atoms with Crippen LogP contribution in [0.2, 0.25) is 0 Å². The van der Waals surface area contributed by atoms with Crippen molar-refractivity contribution in [2.45, 2.75) is 32.5 Å². The molecule has 2 atom stereocenters. The number of nitrogens with zero attached hydrogens (tertiary/aromatic N) is 1. The fraction of sp³-hybridized carbons (Fsp3) is 0.292. The maximum absolute atomic E-state index is 12.7. The molecule has 3 aromatic carbocycles. The van der Waals surface area contributed by atoms with E-state index in [1.165, 1.54) is 10.9 Å². The summed E-state index contributed by atoms with van der Waals surface area (Å²) in [6.45, 7) is 4.66. The second-order valence-electron chi connectivity index (χ2n) is 7.28. The third kappa shape index (κ3) is 4.70. The normalized spacial score (nSPS) is 13.3. The van der Waals surface area contributed by atoms with Crippen molar-refractivity contribution in [3.63, 3.8) is 0 Å². The number of likely N-dealkylation sites (N-methyl/N-ethyl adjacent to an activating group) is 1. The Hall–Kier alpha value is -2.85. The number of amides is 1. The van der Waals surface area contributed by atoms with Crippen molar-refractivity contribution in [2.24, 2.45) is 0 Å². The molecule has 0 aliphatic carbocycles. The number of nitrogens with one attached hydrogen (secondary N) is 1. The summed E-state index contributed by atoms with van der Waals surface area (Å²) in [6, 6.07) is 22.2. The molecule has 3 aromatic rings. The van der Waals surface area contributed by atoms with Gasteiger partial charge >= 0.3 is 0 Å². The molecule has 0 spiro atoms. The second-order valence-corrected chi connectivity index (χ2v) is 7.28. The van der Waals surface area contributed by atoms with Gasteiger partial charge in [0.15, 0.2) is 0 Å². The lowest BCUT2D eigenvalue weighted by Crippen LogP contribution is -2.43. The summed E-state index contributed by atoms with van der Waals surface area (Å²) in [7, 11) is 3.66. The summed E-state index contributed by atoms with van der Waals surface area (Å²) in [4.78, 5) is 14.7. The van der Waals surface area contributed by atoms with Crippen molar-refractivity contribution in [3.05, 3.63) is 77.9 Å². The first-order valence-corrected chi connectivity index (χ1v) is 9.60. The zero-order chi connectivity index (χ0) is 20.1. The van der Waals surface area contributed by atoms with Crippen LogP contribution < -0.4 is 10.1 Å².